The van der Waals surface area contributed by atoms with Crippen molar-refractivity contribution in [2.45, 2.75) is 52.1 Å². The van der Waals surface area contributed by atoms with E-state index < -0.39 is 12.0 Å². The van der Waals surface area contributed by atoms with Crippen molar-refractivity contribution in [1.29, 1.82) is 0 Å². The minimum absolute atomic E-state index is 0.218. The first-order chi connectivity index (χ1) is 11.8. The van der Waals surface area contributed by atoms with Gasteiger partial charge >= 0.3 is 6.18 Å². The molecule has 1 N–H and O–H groups in total. The Morgan fingerprint density at radius 1 is 1.28 bits per heavy atom. The lowest BCUT2D eigenvalue weighted by molar-refractivity contribution is -0.145. The summed E-state index contributed by atoms with van der Waals surface area (Å²) in [7, 11) is 0. The SMILES string of the molecule is CCc1cn[nH]c1[C@H]1CCCN(c2nc(C(F)(F)F)nc(C)c2C)C1. The molecule has 25 heavy (non-hydrogen) atoms. The number of rotatable bonds is 3. The van der Waals surface area contributed by atoms with Gasteiger partial charge in [-0.25, -0.2) is 9.97 Å². The van der Waals surface area contributed by atoms with E-state index in [1.807, 2.05) is 11.1 Å². The highest BCUT2D eigenvalue weighted by molar-refractivity contribution is 5.49. The topological polar surface area (TPSA) is 57.7 Å². The molecule has 2 aromatic heterocycles. The number of aromatic amines is 1. The lowest BCUT2D eigenvalue weighted by Gasteiger charge is -2.34. The molecule has 0 amide bonds. The van der Waals surface area contributed by atoms with Gasteiger partial charge in [-0.1, -0.05) is 6.92 Å². The molecule has 136 valence electrons. The molecular weight excluding hydrogens is 331 g/mol. The molecule has 0 bridgehead atoms. The lowest BCUT2D eigenvalue weighted by Crippen LogP contribution is -2.36. The van der Waals surface area contributed by atoms with Crippen LogP contribution in [-0.4, -0.2) is 33.3 Å². The second-order valence-electron chi connectivity index (χ2n) is 6.53. The molecule has 3 rings (SSSR count). The Balaban J connectivity index is 1.92. The number of aromatic nitrogens is 4. The van der Waals surface area contributed by atoms with Crippen LogP contribution in [0.1, 0.15) is 54.0 Å². The van der Waals surface area contributed by atoms with Crippen molar-refractivity contribution in [2.75, 3.05) is 18.0 Å². The summed E-state index contributed by atoms with van der Waals surface area (Å²) in [4.78, 5) is 9.42. The van der Waals surface area contributed by atoms with Crippen LogP contribution in [-0.2, 0) is 12.6 Å². The maximum Gasteiger partial charge on any atom is 0.451 e. The monoisotopic (exact) mass is 353 g/mol. The van der Waals surface area contributed by atoms with Gasteiger partial charge in [0.2, 0.25) is 5.82 Å². The third-order valence-electron chi connectivity index (χ3n) is 4.88. The molecule has 0 aromatic carbocycles. The number of halogens is 3. The Morgan fingerprint density at radius 2 is 2.04 bits per heavy atom. The van der Waals surface area contributed by atoms with Gasteiger partial charge < -0.3 is 4.90 Å². The zero-order valence-corrected chi connectivity index (χ0v) is 14.6. The van der Waals surface area contributed by atoms with Gasteiger partial charge in [0.15, 0.2) is 0 Å². The first-order valence-corrected chi connectivity index (χ1v) is 8.50. The van der Waals surface area contributed by atoms with E-state index in [-0.39, 0.29) is 5.92 Å². The average Bonchev–Trinajstić information content (AvgIpc) is 3.05. The Labute approximate surface area is 144 Å². The Hall–Kier alpha value is -2.12. The molecule has 0 aliphatic carbocycles. The number of nitrogens with zero attached hydrogens (tertiary/aromatic N) is 4. The number of hydrogen-bond donors (Lipinski definition) is 1. The Kier molecular flexibility index (Phi) is 4.71. The Bertz CT molecular complexity index is 753. The standard InChI is InChI=1S/C17H22F3N5/c1-4-12-8-21-24-14(12)13-6-5-7-25(9-13)15-10(2)11(3)22-16(23-15)17(18,19)20/h8,13H,4-7,9H2,1-3H3,(H,21,24)/t13-/m0/s1. The van der Waals surface area contributed by atoms with Crippen LogP contribution >= 0.6 is 0 Å². The van der Waals surface area contributed by atoms with Crippen LogP contribution < -0.4 is 4.90 Å². The van der Waals surface area contributed by atoms with Gasteiger partial charge in [0.25, 0.3) is 0 Å². The van der Waals surface area contributed by atoms with E-state index in [9.17, 15) is 13.2 Å². The normalized spacial score (nSPS) is 18.6. The molecule has 0 spiro atoms. The highest BCUT2D eigenvalue weighted by atomic mass is 19.4. The number of piperidine rings is 1. The van der Waals surface area contributed by atoms with E-state index in [0.29, 0.717) is 30.2 Å². The fourth-order valence-corrected chi connectivity index (χ4v) is 3.41. The summed E-state index contributed by atoms with van der Waals surface area (Å²) in [6.45, 7) is 6.77. The number of hydrogen-bond acceptors (Lipinski definition) is 4. The van der Waals surface area contributed by atoms with Crippen LogP contribution in [0.15, 0.2) is 6.20 Å². The van der Waals surface area contributed by atoms with Crippen molar-refractivity contribution < 1.29 is 13.2 Å². The predicted octanol–water partition coefficient (Wildman–Crippen LogP) is 3.78. The zero-order valence-electron chi connectivity index (χ0n) is 14.6. The third-order valence-corrected chi connectivity index (χ3v) is 4.88. The van der Waals surface area contributed by atoms with Gasteiger partial charge in [-0.3, -0.25) is 5.10 Å². The van der Waals surface area contributed by atoms with E-state index >= 15 is 0 Å². The van der Waals surface area contributed by atoms with Crippen LogP contribution in [0.25, 0.3) is 0 Å². The van der Waals surface area contributed by atoms with Crippen LogP contribution in [0.3, 0.4) is 0 Å². The van der Waals surface area contributed by atoms with Gasteiger partial charge in [0, 0.05) is 36.0 Å². The lowest BCUT2D eigenvalue weighted by atomic mass is 9.92. The van der Waals surface area contributed by atoms with E-state index in [1.54, 1.807) is 13.8 Å². The fourth-order valence-electron chi connectivity index (χ4n) is 3.41. The number of H-pyrrole nitrogens is 1. The third kappa shape index (κ3) is 3.48. The van der Waals surface area contributed by atoms with Crippen molar-refractivity contribution in [3.63, 3.8) is 0 Å². The largest absolute Gasteiger partial charge is 0.451 e. The zero-order chi connectivity index (χ0) is 18.2. The highest BCUT2D eigenvalue weighted by Gasteiger charge is 2.36. The van der Waals surface area contributed by atoms with Crippen molar-refractivity contribution in [2.24, 2.45) is 0 Å². The predicted molar refractivity (Wildman–Crippen MR) is 88.7 cm³/mol. The summed E-state index contributed by atoms with van der Waals surface area (Å²) in [5.41, 5.74) is 3.33. The first-order valence-electron chi connectivity index (χ1n) is 8.50. The minimum atomic E-state index is -4.54. The molecule has 1 atom stereocenters. The van der Waals surface area contributed by atoms with Gasteiger partial charge in [-0.05, 0) is 38.7 Å². The second-order valence-corrected chi connectivity index (χ2v) is 6.53. The number of alkyl halides is 3. The quantitative estimate of drug-likeness (QED) is 0.912. The molecule has 5 nitrogen and oxygen atoms in total. The van der Waals surface area contributed by atoms with Crippen molar-refractivity contribution in [3.8, 4) is 0 Å². The molecule has 1 saturated heterocycles. The summed E-state index contributed by atoms with van der Waals surface area (Å²) in [5.74, 6) is -0.458. The average molecular weight is 353 g/mol. The summed E-state index contributed by atoms with van der Waals surface area (Å²) >= 11 is 0. The van der Waals surface area contributed by atoms with Gasteiger partial charge in [-0.15, -0.1) is 0 Å². The molecular formula is C17H22F3N5. The molecule has 1 aliphatic heterocycles. The van der Waals surface area contributed by atoms with Crippen LogP contribution in [0.2, 0.25) is 0 Å². The molecule has 0 radical (unpaired) electrons. The van der Waals surface area contributed by atoms with E-state index in [2.05, 4.69) is 27.1 Å². The second kappa shape index (κ2) is 6.65. The van der Waals surface area contributed by atoms with Crippen molar-refractivity contribution in [1.82, 2.24) is 20.2 Å². The molecule has 8 heteroatoms. The molecule has 1 fully saturated rings. The molecule has 1 aliphatic rings. The maximum absolute atomic E-state index is 13.1. The fraction of sp³-hybridized carbons (Fsp3) is 0.588. The first kappa shape index (κ1) is 17.7. The summed E-state index contributed by atoms with van der Waals surface area (Å²) < 4.78 is 39.3. The van der Waals surface area contributed by atoms with Crippen molar-refractivity contribution >= 4 is 5.82 Å². The van der Waals surface area contributed by atoms with Crippen LogP contribution in [0, 0.1) is 13.8 Å². The molecule has 3 heterocycles. The van der Waals surface area contributed by atoms with Gasteiger partial charge in [0.05, 0.1) is 6.20 Å². The number of aryl methyl sites for hydroxylation is 2. The summed E-state index contributed by atoms with van der Waals surface area (Å²) in [6.07, 6.45) is 0.0566. The van der Waals surface area contributed by atoms with Crippen LogP contribution in [0.5, 0.6) is 0 Å². The summed E-state index contributed by atoms with van der Waals surface area (Å²) in [5, 5.41) is 7.20. The van der Waals surface area contributed by atoms with Gasteiger partial charge in [0.1, 0.15) is 5.82 Å². The Morgan fingerprint density at radius 3 is 2.72 bits per heavy atom. The van der Waals surface area contributed by atoms with E-state index in [1.165, 1.54) is 5.56 Å². The van der Waals surface area contributed by atoms with E-state index in [4.69, 9.17) is 0 Å². The van der Waals surface area contributed by atoms with E-state index in [0.717, 1.165) is 25.0 Å². The highest BCUT2D eigenvalue weighted by Crippen LogP contribution is 2.34. The molecule has 0 saturated carbocycles. The smallest absolute Gasteiger partial charge is 0.356 e. The number of anilines is 1. The van der Waals surface area contributed by atoms with Crippen molar-refractivity contribution in [3.05, 3.63) is 34.5 Å². The molecule has 2 aromatic rings. The minimum Gasteiger partial charge on any atom is -0.356 e. The summed E-state index contributed by atoms with van der Waals surface area (Å²) in [6, 6.07) is 0. The number of nitrogens with one attached hydrogen (secondary N) is 1. The molecule has 0 unspecified atom stereocenters. The van der Waals surface area contributed by atoms with Gasteiger partial charge in [-0.2, -0.15) is 18.3 Å². The maximum atomic E-state index is 13.1. The van der Waals surface area contributed by atoms with Crippen LogP contribution in [0.4, 0.5) is 19.0 Å².